The van der Waals surface area contributed by atoms with E-state index >= 15 is 0 Å². The topological polar surface area (TPSA) is 167 Å². The van der Waals surface area contributed by atoms with Gasteiger partial charge >= 0.3 is 23.9 Å². The second kappa shape index (κ2) is 11.2. The van der Waals surface area contributed by atoms with Gasteiger partial charge in [0.15, 0.2) is 12.2 Å². The summed E-state index contributed by atoms with van der Waals surface area (Å²) in [5.74, 6) is -2.87. The maximum Gasteiger partial charge on any atom is 0.303 e. The second-order valence-electron chi connectivity index (χ2n) is 6.94. The zero-order valence-corrected chi connectivity index (χ0v) is 18.2. The maximum absolute atomic E-state index is 11.8. The number of benzene rings is 1. The molecular weight excluding hydrogens is 446 g/mol. The third kappa shape index (κ3) is 7.42. The fourth-order valence-corrected chi connectivity index (χ4v) is 3.06. The van der Waals surface area contributed by atoms with Gasteiger partial charge in [-0.2, -0.15) is 0 Å². The zero-order valence-electron chi connectivity index (χ0n) is 18.2. The predicted octanol–water partition coefficient (Wildman–Crippen LogP) is 1.06. The van der Waals surface area contributed by atoms with Gasteiger partial charge in [-0.25, -0.2) is 0 Å². The van der Waals surface area contributed by atoms with E-state index in [4.69, 9.17) is 28.4 Å². The Morgan fingerprint density at radius 3 is 1.85 bits per heavy atom. The van der Waals surface area contributed by atoms with Crippen LogP contribution in [0.4, 0.5) is 5.69 Å². The van der Waals surface area contributed by atoms with Crippen molar-refractivity contribution >= 4 is 29.6 Å². The third-order valence-electron chi connectivity index (χ3n) is 4.25. The van der Waals surface area contributed by atoms with Gasteiger partial charge in [-0.15, -0.1) is 0 Å². The Hall–Kier alpha value is -3.74. The molecule has 2 rings (SSSR count). The number of nitro groups is 1. The molecule has 0 aromatic heterocycles. The van der Waals surface area contributed by atoms with Gasteiger partial charge < -0.3 is 28.4 Å². The number of hydrogen-bond donors (Lipinski definition) is 0. The lowest BCUT2D eigenvalue weighted by atomic mass is 9.98. The highest BCUT2D eigenvalue weighted by Gasteiger charge is 2.53. The first-order chi connectivity index (χ1) is 15.5. The monoisotopic (exact) mass is 469 g/mol. The minimum atomic E-state index is -1.42. The molecule has 0 bridgehead atoms. The smallest absolute Gasteiger partial charge is 0.303 e. The number of rotatable bonds is 8. The molecule has 0 radical (unpaired) electrons. The van der Waals surface area contributed by atoms with E-state index in [2.05, 4.69) is 0 Å². The molecule has 1 fully saturated rings. The lowest BCUT2D eigenvalue weighted by molar-refractivity contribution is -0.384. The van der Waals surface area contributed by atoms with Crippen molar-refractivity contribution in [2.75, 3.05) is 6.61 Å². The van der Waals surface area contributed by atoms with E-state index in [1.54, 1.807) is 0 Å². The number of carbonyl (C=O) groups excluding carboxylic acids is 4. The molecule has 0 aliphatic carbocycles. The first-order valence-electron chi connectivity index (χ1n) is 9.69. The summed E-state index contributed by atoms with van der Waals surface area (Å²) in [5.41, 5.74) is -0.191. The van der Waals surface area contributed by atoms with Crippen LogP contribution in [0.5, 0.6) is 5.75 Å². The summed E-state index contributed by atoms with van der Waals surface area (Å²) >= 11 is 0. The molecule has 1 aromatic rings. The van der Waals surface area contributed by atoms with Crippen LogP contribution in [0.1, 0.15) is 27.7 Å². The number of non-ortho nitro benzene ring substituents is 1. The van der Waals surface area contributed by atoms with Crippen molar-refractivity contribution in [3.63, 3.8) is 0 Å². The van der Waals surface area contributed by atoms with Crippen molar-refractivity contribution < 1.29 is 52.5 Å². The summed E-state index contributed by atoms with van der Waals surface area (Å²) in [6, 6.07) is 4.93. The zero-order chi connectivity index (χ0) is 24.7. The number of carbonyl (C=O) groups is 4. The number of nitrogens with zero attached hydrogens (tertiary/aromatic N) is 1. The van der Waals surface area contributed by atoms with Crippen LogP contribution in [0.15, 0.2) is 24.3 Å². The highest BCUT2D eigenvalue weighted by Crippen LogP contribution is 2.31. The molecule has 13 nitrogen and oxygen atoms in total. The Bertz CT molecular complexity index is 899. The molecule has 0 saturated carbocycles. The minimum absolute atomic E-state index is 0.0986. The summed E-state index contributed by atoms with van der Waals surface area (Å²) < 4.78 is 32.3. The molecule has 1 aliphatic heterocycles. The van der Waals surface area contributed by atoms with Crippen molar-refractivity contribution in [2.45, 2.75) is 58.4 Å². The quantitative estimate of drug-likeness (QED) is 0.230. The molecule has 1 heterocycles. The Labute approximate surface area is 188 Å². The molecule has 1 aromatic carbocycles. The Morgan fingerprint density at radius 2 is 1.36 bits per heavy atom. The van der Waals surface area contributed by atoms with Gasteiger partial charge in [0.25, 0.3) is 5.69 Å². The van der Waals surface area contributed by atoms with Crippen molar-refractivity contribution in [1.82, 2.24) is 0 Å². The molecular formula is C20H23NO12. The Morgan fingerprint density at radius 1 is 0.848 bits per heavy atom. The Kier molecular flexibility index (Phi) is 8.68. The van der Waals surface area contributed by atoms with Gasteiger partial charge in [-0.1, -0.05) is 0 Å². The number of esters is 4. The number of ether oxygens (including phenoxy) is 6. The van der Waals surface area contributed by atoms with Crippen LogP contribution in [0.2, 0.25) is 0 Å². The highest BCUT2D eigenvalue weighted by molar-refractivity contribution is 5.68. The fourth-order valence-electron chi connectivity index (χ4n) is 3.06. The van der Waals surface area contributed by atoms with E-state index in [9.17, 15) is 29.3 Å². The molecule has 13 heteroatoms. The lowest BCUT2D eigenvalue weighted by Gasteiger charge is -2.43. The van der Waals surface area contributed by atoms with Gasteiger partial charge in [-0.05, 0) is 12.1 Å². The average Bonchev–Trinajstić information content (AvgIpc) is 2.70. The first kappa shape index (κ1) is 25.5. The molecule has 5 atom stereocenters. The first-order valence-corrected chi connectivity index (χ1v) is 9.69. The molecule has 0 spiro atoms. The van der Waals surface area contributed by atoms with E-state index < -0.39 is 66.1 Å². The van der Waals surface area contributed by atoms with Gasteiger partial charge in [0.2, 0.25) is 12.4 Å². The SMILES string of the molecule is CC(=O)OCC1OC(Oc2ccc([N+](=O)[O-])cc2)[C@H](OC(C)=O)[C@@H](OC(C)=O)[C@@H]1OC(C)=O. The van der Waals surface area contributed by atoms with E-state index in [1.807, 2.05) is 0 Å². The van der Waals surface area contributed by atoms with Crippen molar-refractivity contribution in [2.24, 2.45) is 0 Å². The van der Waals surface area contributed by atoms with Crippen LogP contribution in [0, 0.1) is 10.1 Å². The largest absolute Gasteiger partial charge is 0.463 e. The molecule has 1 aliphatic rings. The van der Waals surface area contributed by atoms with Crippen LogP contribution in [-0.4, -0.2) is 66.1 Å². The molecule has 0 N–H and O–H groups in total. The summed E-state index contributed by atoms with van der Waals surface area (Å²) in [7, 11) is 0. The summed E-state index contributed by atoms with van der Waals surface area (Å²) in [5, 5.41) is 10.9. The van der Waals surface area contributed by atoms with Crippen LogP contribution >= 0.6 is 0 Å². The van der Waals surface area contributed by atoms with E-state index in [0.717, 1.165) is 27.7 Å². The van der Waals surface area contributed by atoms with Gasteiger partial charge in [0.1, 0.15) is 18.5 Å². The molecule has 2 unspecified atom stereocenters. The van der Waals surface area contributed by atoms with E-state index in [1.165, 1.54) is 24.3 Å². The predicted molar refractivity (Wildman–Crippen MR) is 106 cm³/mol. The van der Waals surface area contributed by atoms with Crippen molar-refractivity contribution in [3.8, 4) is 5.75 Å². The summed E-state index contributed by atoms with van der Waals surface area (Å²) in [6.45, 7) is 4.05. The summed E-state index contributed by atoms with van der Waals surface area (Å²) in [6.07, 6.45) is -6.69. The molecule has 1 saturated heterocycles. The maximum atomic E-state index is 11.8. The second-order valence-corrected chi connectivity index (χ2v) is 6.94. The number of hydrogen-bond acceptors (Lipinski definition) is 12. The lowest BCUT2D eigenvalue weighted by Crippen LogP contribution is -2.63. The Balaban J connectivity index is 2.43. The van der Waals surface area contributed by atoms with E-state index in [-0.39, 0.29) is 11.4 Å². The minimum Gasteiger partial charge on any atom is -0.463 e. The van der Waals surface area contributed by atoms with Crippen LogP contribution in [-0.2, 0) is 42.9 Å². The molecule has 0 amide bonds. The van der Waals surface area contributed by atoms with Gasteiger partial charge in [0, 0.05) is 39.8 Å². The van der Waals surface area contributed by atoms with Crippen molar-refractivity contribution in [1.29, 1.82) is 0 Å². The van der Waals surface area contributed by atoms with Gasteiger partial charge in [0.05, 0.1) is 4.92 Å². The number of nitro benzene ring substituents is 1. The van der Waals surface area contributed by atoms with E-state index in [0.29, 0.717) is 0 Å². The van der Waals surface area contributed by atoms with Crippen LogP contribution in [0.3, 0.4) is 0 Å². The third-order valence-corrected chi connectivity index (χ3v) is 4.25. The summed E-state index contributed by atoms with van der Waals surface area (Å²) in [4.78, 5) is 56.8. The molecule has 180 valence electrons. The normalized spacial score (nSPS) is 24.2. The average molecular weight is 469 g/mol. The van der Waals surface area contributed by atoms with Crippen LogP contribution in [0.25, 0.3) is 0 Å². The van der Waals surface area contributed by atoms with Crippen LogP contribution < -0.4 is 4.74 Å². The highest BCUT2D eigenvalue weighted by atomic mass is 16.7. The standard InChI is InChI=1S/C20H23NO12/c1-10(22)28-9-16-17(29-11(2)23)18(30-12(3)24)19(31-13(4)25)20(33-16)32-15-7-5-14(6-8-15)21(26)27/h5-8,16-20H,9H2,1-4H3/t16?,17-,18+,19-,20?/m1/s1. The van der Waals surface area contributed by atoms with Crippen molar-refractivity contribution in [3.05, 3.63) is 34.4 Å². The molecule has 33 heavy (non-hydrogen) atoms. The fraction of sp³-hybridized carbons (Fsp3) is 0.500. The van der Waals surface area contributed by atoms with Gasteiger partial charge in [-0.3, -0.25) is 29.3 Å².